The second-order valence-electron chi connectivity index (χ2n) is 4.76. The van der Waals surface area contributed by atoms with E-state index in [4.69, 9.17) is 0 Å². The molecular weight excluding hydrogens is 231 g/mol. The predicted molar refractivity (Wildman–Crippen MR) is 70.0 cm³/mol. The normalized spacial score (nSPS) is 20.2. The van der Waals surface area contributed by atoms with Crippen LogP contribution in [0.5, 0.6) is 0 Å². The topological polar surface area (TPSA) is 41.1 Å². The van der Waals surface area contributed by atoms with Crippen LogP contribution in [0.25, 0.3) is 0 Å². The number of rotatable bonds is 2. The molecule has 1 amide bonds. The third kappa shape index (κ3) is 3.07. The zero-order valence-electron chi connectivity index (χ0n) is 10.6. The monoisotopic (exact) mass is 250 g/mol. The molecule has 0 spiro atoms. The number of hydrogen-bond acceptors (Lipinski definition) is 2. The van der Waals surface area contributed by atoms with Gasteiger partial charge in [-0.05, 0) is 38.4 Å². The van der Waals surface area contributed by atoms with Crippen molar-refractivity contribution in [1.82, 2.24) is 5.32 Å². The first-order chi connectivity index (χ1) is 8.68. The molecule has 98 valence electrons. The number of anilines is 1. The van der Waals surface area contributed by atoms with E-state index in [9.17, 15) is 9.18 Å². The average molecular weight is 250 g/mol. The van der Waals surface area contributed by atoms with Gasteiger partial charge in [-0.3, -0.25) is 4.79 Å². The van der Waals surface area contributed by atoms with Gasteiger partial charge >= 0.3 is 0 Å². The smallest absolute Gasteiger partial charge is 0.241 e. The molecule has 0 aliphatic carbocycles. The van der Waals surface area contributed by atoms with Crippen molar-refractivity contribution in [2.45, 2.75) is 38.6 Å². The third-order valence-electron chi connectivity index (χ3n) is 3.40. The van der Waals surface area contributed by atoms with Crippen molar-refractivity contribution in [3.8, 4) is 0 Å². The molecule has 0 saturated carbocycles. The van der Waals surface area contributed by atoms with E-state index in [1.165, 1.54) is 6.07 Å². The molecule has 2 rings (SSSR count). The summed E-state index contributed by atoms with van der Waals surface area (Å²) in [5.74, 6) is -0.354. The zero-order valence-corrected chi connectivity index (χ0v) is 10.6. The van der Waals surface area contributed by atoms with Gasteiger partial charge in [0.05, 0.1) is 6.04 Å². The van der Waals surface area contributed by atoms with E-state index in [1.807, 2.05) is 0 Å². The Morgan fingerprint density at radius 2 is 2.22 bits per heavy atom. The van der Waals surface area contributed by atoms with Crippen LogP contribution in [0.15, 0.2) is 18.2 Å². The Balaban J connectivity index is 2.03. The highest BCUT2D eigenvalue weighted by molar-refractivity contribution is 5.95. The molecule has 1 unspecified atom stereocenters. The first-order valence-electron chi connectivity index (χ1n) is 6.48. The van der Waals surface area contributed by atoms with Gasteiger partial charge in [-0.15, -0.1) is 0 Å². The highest BCUT2D eigenvalue weighted by atomic mass is 19.1. The van der Waals surface area contributed by atoms with Crippen molar-refractivity contribution >= 4 is 11.6 Å². The van der Waals surface area contributed by atoms with Gasteiger partial charge in [-0.2, -0.15) is 0 Å². The number of nitrogens with one attached hydrogen (secondary N) is 2. The van der Waals surface area contributed by atoms with E-state index in [1.54, 1.807) is 19.1 Å². The summed E-state index contributed by atoms with van der Waals surface area (Å²) < 4.78 is 13.4. The molecule has 0 aromatic heterocycles. The van der Waals surface area contributed by atoms with E-state index < -0.39 is 0 Å². The van der Waals surface area contributed by atoms with Crippen LogP contribution in [0.2, 0.25) is 0 Å². The van der Waals surface area contributed by atoms with Crippen LogP contribution in [-0.4, -0.2) is 18.5 Å². The molecule has 1 atom stereocenters. The molecule has 1 aromatic rings. The molecule has 1 heterocycles. The van der Waals surface area contributed by atoms with Crippen LogP contribution >= 0.6 is 0 Å². The van der Waals surface area contributed by atoms with E-state index >= 15 is 0 Å². The lowest BCUT2D eigenvalue weighted by Crippen LogP contribution is -2.40. The Kier molecular flexibility index (Phi) is 4.31. The summed E-state index contributed by atoms with van der Waals surface area (Å²) in [5, 5.41) is 6.04. The highest BCUT2D eigenvalue weighted by Crippen LogP contribution is 2.18. The number of amides is 1. The minimum atomic E-state index is -0.290. The van der Waals surface area contributed by atoms with Gasteiger partial charge in [-0.25, -0.2) is 4.39 Å². The Bertz CT molecular complexity index is 426. The molecule has 1 aliphatic heterocycles. The van der Waals surface area contributed by atoms with E-state index in [-0.39, 0.29) is 17.8 Å². The minimum Gasteiger partial charge on any atom is -0.324 e. The van der Waals surface area contributed by atoms with Gasteiger partial charge < -0.3 is 10.6 Å². The summed E-state index contributed by atoms with van der Waals surface area (Å²) in [7, 11) is 0. The number of hydrogen-bond donors (Lipinski definition) is 2. The van der Waals surface area contributed by atoms with Gasteiger partial charge in [0, 0.05) is 11.3 Å². The molecule has 1 aliphatic rings. The third-order valence-corrected chi connectivity index (χ3v) is 3.40. The van der Waals surface area contributed by atoms with Crippen molar-refractivity contribution in [3.63, 3.8) is 0 Å². The molecule has 18 heavy (non-hydrogen) atoms. The largest absolute Gasteiger partial charge is 0.324 e. The molecule has 0 bridgehead atoms. The lowest BCUT2D eigenvalue weighted by molar-refractivity contribution is -0.118. The van der Waals surface area contributed by atoms with Gasteiger partial charge in [0.2, 0.25) is 5.91 Å². The summed E-state index contributed by atoms with van der Waals surface area (Å²) in [5.41, 5.74) is 1.05. The first-order valence-corrected chi connectivity index (χ1v) is 6.48. The van der Waals surface area contributed by atoms with Crippen LogP contribution in [0.1, 0.15) is 31.2 Å². The Hall–Kier alpha value is -1.42. The maximum atomic E-state index is 13.4. The molecule has 4 heteroatoms. The summed E-state index contributed by atoms with van der Waals surface area (Å²) in [6, 6.07) is 4.58. The second-order valence-corrected chi connectivity index (χ2v) is 4.76. The first kappa shape index (κ1) is 13.0. The fraction of sp³-hybridized carbons (Fsp3) is 0.500. The lowest BCUT2D eigenvalue weighted by atomic mass is 10.1. The van der Waals surface area contributed by atoms with Crippen LogP contribution < -0.4 is 10.6 Å². The van der Waals surface area contributed by atoms with E-state index in [2.05, 4.69) is 10.6 Å². The molecule has 3 nitrogen and oxygen atoms in total. The van der Waals surface area contributed by atoms with Crippen LogP contribution in [0.3, 0.4) is 0 Å². The summed E-state index contributed by atoms with van der Waals surface area (Å²) in [6.45, 7) is 2.55. The number of benzene rings is 1. The highest BCUT2D eigenvalue weighted by Gasteiger charge is 2.20. The number of halogens is 1. The molecular formula is C14H19FN2O. The minimum absolute atomic E-state index is 0.0643. The van der Waals surface area contributed by atoms with Crippen molar-refractivity contribution in [2.24, 2.45) is 0 Å². The fourth-order valence-corrected chi connectivity index (χ4v) is 2.22. The van der Waals surface area contributed by atoms with Crippen LogP contribution in [-0.2, 0) is 4.79 Å². The summed E-state index contributed by atoms with van der Waals surface area (Å²) >= 11 is 0. The fourth-order valence-electron chi connectivity index (χ4n) is 2.22. The Labute approximate surface area is 107 Å². The molecule has 1 fully saturated rings. The Morgan fingerprint density at radius 1 is 1.39 bits per heavy atom. The number of carbonyl (C=O) groups is 1. The lowest BCUT2D eigenvalue weighted by Gasteiger charge is -2.16. The van der Waals surface area contributed by atoms with Crippen molar-refractivity contribution in [1.29, 1.82) is 0 Å². The maximum absolute atomic E-state index is 13.4. The van der Waals surface area contributed by atoms with Gasteiger partial charge in [0.1, 0.15) is 5.82 Å². The van der Waals surface area contributed by atoms with Crippen LogP contribution in [0.4, 0.5) is 10.1 Å². The van der Waals surface area contributed by atoms with Crippen LogP contribution in [0, 0.1) is 12.7 Å². The zero-order chi connectivity index (χ0) is 13.0. The molecule has 1 aromatic carbocycles. The predicted octanol–water partition coefficient (Wildman–Crippen LogP) is 2.60. The Morgan fingerprint density at radius 3 is 3.06 bits per heavy atom. The van der Waals surface area contributed by atoms with Gasteiger partial charge in [0.25, 0.3) is 0 Å². The summed E-state index contributed by atoms with van der Waals surface area (Å²) in [4.78, 5) is 12.1. The van der Waals surface area contributed by atoms with E-state index in [0.29, 0.717) is 11.3 Å². The van der Waals surface area contributed by atoms with E-state index in [0.717, 1.165) is 32.2 Å². The van der Waals surface area contributed by atoms with Gasteiger partial charge in [0.15, 0.2) is 0 Å². The maximum Gasteiger partial charge on any atom is 0.241 e. The second kappa shape index (κ2) is 5.96. The molecule has 0 radical (unpaired) electrons. The quantitative estimate of drug-likeness (QED) is 0.847. The van der Waals surface area contributed by atoms with Crippen molar-refractivity contribution in [3.05, 3.63) is 29.6 Å². The average Bonchev–Trinajstić information content (AvgIpc) is 2.63. The SMILES string of the molecule is Cc1c(F)cccc1NC(=O)C1CCCCCN1. The standard InChI is InChI=1S/C14H19FN2O/c1-10-11(15)6-5-8-12(10)17-14(18)13-7-3-2-4-9-16-13/h5-6,8,13,16H,2-4,7,9H2,1H3,(H,17,18). The summed E-state index contributed by atoms with van der Waals surface area (Å²) in [6.07, 6.45) is 4.19. The molecule has 1 saturated heterocycles. The molecule has 2 N–H and O–H groups in total. The number of carbonyl (C=O) groups excluding carboxylic acids is 1. The van der Waals surface area contributed by atoms with Crippen molar-refractivity contribution < 1.29 is 9.18 Å². The van der Waals surface area contributed by atoms with Gasteiger partial charge in [-0.1, -0.05) is 18.9 Å². The van der Waals surface area contributed by atoms with Crippen molar-refractivity contribution in [2.75, 3.05) is 11.9 Å².